The molecule has 2 amide bonds. The van der Waals surface area contributed by atoms with Crippen LogP contribution in [-0.2, 0) is 6.54 Å². The van der Waals surface area contributed by atoms with Gasteiger partial charge in [-0.1, -0.05) is 18.2 Å². The average Bonchev–Trinajstić information content (AvgIpc) is 2.84. The number of nitrogen functional groups attached to an aromatic ring is 1. The fourth-order valence-corrected chi connectivity index (χ4v) is 3.70. The van der Waals surface area contributed by atoms with Gasteiger partial charge in [0.05, 0.1) is 11.9 Å². The van der Waals surface area contributed by atoms with Gasteiger partial charge in [-0.3, -0.25) is 9.59 Å². The van der Waals surface area contributed by atoms with E-state index in [2.05, 4.69) is 25.9 Å². The Morgan fingerprint density at radius 1 is 1.15 bits per heavy atom. The van der Waals surface area contributed by atoms with Gasteiger partial charge in [-0.05, 0) is 37.6 Å². The van der Waals surface area contributed by atoms with Crippen LogP contribution in [0, 0.1) is 11.6 Å². The molecule has 1 saturated heterocycles. The first-order valence-corrected chi connectivity index (χ1v) is 10.9. The SMILES string of the molecule is Nc1ncc(-c2cccc(C(=O)NCc3ccc(F)cc3F)c2)nc1C(=O)NC1CCCNC1. The zero-order valence-electron chi connectivity index (χ0n) is 18.3. The third kappa shape index (κ3) is 5.52. The predicted octanol–water partition coefficient (Wildman–Crippen LogP) is 2.42. The van der Waals surface area contributed by atoms with Crippen LogP contribution >= 0.6 is 0 Å². The van der Waals surface area contributed by atoms with Crippen LogP contribution < -0.4 is 21.7 Å². The quantitative estimate of drug-likeness (QED) is 0.443. The van der Waals surface area contributed by atoms with Crippen molar-refractivity contribution in [3.63, 3.8) is 0 Å². The van der Waals surface area contributed by atoms with Gasteiger partial charge < -0.3 is 21.7 Å². The first-order chi connectivity index (χ1) is 16.4. The van der Waals surface area contributed by atoms with Gasteiger partial charge in [0.15, 0.2) is 11.5 Å². The first kappa shape index (κ1) is 23.2. The van der Waals surface area contributed by atoms with Crippen LogP contribution in [-0.4, -0.2) is 40.9 Å². The van der Waals surface area contributed by atoms with Crippen molar-refractivity contribution in [2.24, 2.45) is 0 Å². The summed E-state index contributed by atoms with van der Waals surface area (Å²) in [6.07, 6.45) is 3.26. The number of halogens is 2. The molecule has 1 unspecified atom stereocenters. The highest BCUT2D eigenvalue weighted by Crippen LogP contribution is 2.20. The molecule has 0 saturated carbocycles. The van der Waals surface area contributed by atoms with Crippen LogP contribution in [0.15, 0.2) is 48.7 Å². The number of nitrogens with zero attached hydrogens (tertiary/aromatic N) is 2. The smallest absolute Gasteiger partial charge is 0.274 e. The minimum atomic E-state index is -0.735. The normalized spacial score (nSPS) is 15.5. The average molecular weight is 466 g/mol. The summed E-state index contributed by atoms with van der Waals surface area (Å²) < 4.78 is 26.9. The maximum Gasteiger partial charge on any atom is 0.274 e. The van der Waals surface area contributed by atoms with Crippen LogP contribution in [0.2, 0.25) is 0 Å². The Morgan fingerprint density at radius 3 is 2.76 bits per heavy atom. The topological polar surface area (TPSA) is 122 Å². The van der Waals surface area contributed by atoms with E-state index in [4.69, 9.17) is 5.73 Å². The van der Waals surface area contributed by atoms with Crippen molar-refractivity contribution in [2.45, 2.75) is 25.4 Å². The number of benzene rings is 2. The number of nitrogens with one attached hydrogen (secondary N) is 3. The number of rotatable bonds is 6. The molecule has 0 bridgehead atoms. The van der Waals surface area contributed by atoms with Crippen molar-refractivity contribution >= 4 is 17.6 Å². The van der Waals surface area contributed by atoms with E-state index in [-0.39, 0.29) is 29.7 Å². The van der Waals surface area contributed by atoms with E-state index in [1.165, 1.54) is 12.3 Å². The molecular weight excluding hydrogens is 442 g/mol. The Hall–Kier alpha value is -3.92. The van der Waals surface area contributed by atoms with Crippen molar-refractivity contribution in [1.29, 1.82) is 0 Å². The third-order valence-electron chi connectivity index (χ3n) is 5.52. The summed E-state index contributed by atoms with van der Waals surface area (Å²) in [5.74, 6) is -2.26. The number of aromatic nitrogens is 2. The fraction of sp³-hybridized carbons (Fsp3) is 0.250. The molecule has 1 fully saturated rings. The van der Waals surface area contributed by atoms with Gasteiger partial charge in [0.2, 0.25) is 0 Å². The molecule has 8 nitrogen and oxygen atoms in total. The molecule has 4 rings (SSSR count). The number of amides is 2. The van der Waals surface area contributed by atoms with E-state index in [1.54, 1.807) is 24.3 Å². The van der Waals surface area contributed by atoms with Crippen LogP contribution in [0.5, 0.6) is 0 Å². The van der Waals surface area contributed by atoms with E-state index in [0.717, 1.165) is 31.5 Å². The molecule has 5 N–H and O–H groups in total. The maximum absolute atomic E-state index is 13.8. The number of hydrogen-bond donors (Lipinski definition) is 4. The zero-order valence-corrected chi connectivity index (χ0v) is 18.3. The summed E-state index contributed by atoms with van der Waals surface area (Å²) in [5.41, 5.74) is 7.32. The second-order valence-electron chi connectivity index (χ2n) is 8.01. The molecule has 0 radical (unpaired) electrons. The third-order valence-corrected chi connectivity index (χ3v) is 5.52. The van der Waals surface area contributed by atoms with E-state index in [1.807, 2.05) is 0 Å². The van der Waals surface area contributed by atoms with Crippen molar-refractivity contribution < 1.29 is 18.4 Å². The number of carbonyl (C=O) groups excluding carboxylic acids is 2. The van der Waals surface area contributed by atoms with Crippen LogP contribution in [0.1, 0.15) is 39.3 Å². The highest BCUT2D eigenvalue weighted by atomic mass is 19.1. The van der Waals surface area contributed by atoms with Gasteiger partial charge in [0.1, 0.15) is 11.6 Å². The molecule has 1 aliphatic heterocycles. The Morgan fingerprint density at radius 2 is 2.00 bits per heavy atom. The van der Waals surface area contributed by atoms with Gasteiger partial charge in [-0.15, -0.1) is 0 Å². The maximum atomic E-state index is 13.8. The fourth-order valence-electron chi connectivity index (χ4n) is 3.70. The predicted molar refractivity (Wildman–Crippen MR) is 123 cm³/mol. The molecule has 2 heterocycles. The molecule has 10 heteroatoms. The minimum absolute atomic E-state index is 0.0101. The lowest BCUT2D eigenvalue weighted by Crippen LogP contribution is -2.46. The molecule has 1 atom stereocenters. The van der Waals surface area contributed by atoms with Gasteiger partial charge in [0.25, 0.3) is 11.8 Å². The number of carbonyl (C=O) groups is 2. The lowest BCUT2D eigenvalue weighted by Gasteiger charge is -2.23. The Bertz CT molecular complexity index is 1210. The molecule has 1 aliphatic rings. The monoisotopic (exact) mass is 466 g/mol. The van der Waals surface area contributed by atoms with Crippen LogP contribution in [0.3, 0.4) is 0 Å². The highest BCUT2D eigenvalue weighted by Gasteiger charge is 2.20. The summed E-state index contributed by atoms with van der Waals surface area (Å²) in [7, 11) is 0. The van der Waals surface area contributed by atoms with Crippen molar-refractivity contribution in [3.05, 3.63) is 77.1 Å². The summed E-state index contributed by atoms with van der Waals surface area (Å²) in [6, 6.07) is 9.73. The van der Waals surface area contributed by atoms with E-state index < -0.39 is 23.4 Å². The molecule has 0 aliphatic carbocycles. The Labute approximate surface area is 195 Å². The van der Waals surface area contributed by atoms with Gasteiger partial charge in [0, 0.05) is 41.9 Å². The lowest BCUT2D eigenvalue weighted by atomic mass is 10.1. The molecule has 2 aromatic carbocycles. The summed E-state index contributed by atoms with van der Waals surface area (Å²) in [6.45, 7) is 1.50. The molecule has 3 aromatic rings. The van der Waals surface area contributed by atoms with Crippen molar-refractivity contribution in [3.8, 4) is 11.3 Å². The second-order valence-corrected chi connectivity index (χ2v) is 8.01. The van der Waals surface area contributed by atoms with E-state index in [9.17, 15) is 18.4 Å². The summed E-state index contributed by atoms with van der Waals surface area (Å²) in [4.78, 5) is 33.8. The van der Waals surface area contributed by atoms with Gasteiger partial charge >= 0.3 is 0 Å². The summed E-state index contributed by atoms with van der Waals surface area (Å²) >= 11 is 0. The van der Waals surface area contributed by atoms with Gasteiger partial charge in [-0.2, -0.15) is 0 Å². The number of hydrogen-bond acceptors (Lipinski definition) is 6. The van der Waals surface area contributed by atoms with E-state index >= 15 is 0 Å². The minimum Gasteiger partial charge on any atom is -0.382 e. The number of piperidine rings is 1. The Balaban J connectivity index is 1.48. The molecule has 0 spiro atoms. The number of nitrogens with two attached hydrogens (primary N) is 1. The summed E-state index contributed by atoms with van der Waals surface area (Å²) in [5, 5.41) is 8.76. The van der Waals surface area contributed by atoms with Crippen molar-refractivity contribution in [2.75, 3.05) is 18.8 Å². The standard InChI is InChI=1S/C24H24F2N6O2/c25-17-7-6-16(19(26)10-17)11-30-23(33)15-4-1-3-14(9-15)20-13-29-22(27)21(32-20)24(34)31-18-5-2-8-28-12-18/h1,3-4,6-7,9-10,13,18,28H,2,5,8,11-12H2,(H2,27,29)(H,30,33)(H,31,34). The second kappa shape index (κ2) is 10.3. The molecule has 1 aromatic heterocycles. The number of anilines is 1. The highest BCUT2D eigenvalue weighted by molar-refractivity contribution is 5.97. The molecular formula is C24H24F2N6O2. The zero-order chi connectivity index (χ0) is 24.1. The van der Waals surface area contributed by atoms with Crippen molar-refractivity contribution in [1.82, 2.24) is 25.9 Å². The van der Waals surface area contributed by atoms with Crippen LogP contribution in [0.25, 0.3) is 11.3 Å². The van der Waals surface area contributed by atoms with Crippen LogP contribution in [0.4, 0.5) is 14.6 Å². The lowest BCUT2D eigenvalue weighted by molar-refractivity contribution is 0.0923. The Kier molecular flexibility index (Phi) is 7.07. The van der Waals surface area contributed by atoms with E-state index in [0.29, 0.717) is 23.4 Å². The first-order valence-electron chi connectivity index (χ1n) is 10.9. The largest absolute Gasteiger partial charge is 0.382 e. The van der Waals surface area contributed by atoms with Gasteiger partial charge in [-0.25, -0.2) is 18.7 Å². The molecule has 34 heavy (non-hydrogen) atoms. The molecule has 176 valence electrons.